The molecule has 0 aromatic rings. The number of likely N-dealkylation sites (tertiary alicyclic amines) is 1. The summed E-state index contributed by atoms with van der Waals surface area (Å²) in [6, 6.07) is 1.24. The van der Waals surface area contributed by atoms with Crippen LogP contribution in [0.25, 0.3) is 0 Å². The van der Waals surface area contributed by atoms with E-state index in [1.807, 2.05) is 0 Å². The first kappa shape index (κ1) is 18.0. The first-order chi connectivity index (χ1) is 9.88. The number of carbonyl (C=O) groups excluding carboxylic acids is 1. The minimum Gasteiger partial charge on any atom is -0.336 e. The molecule has 1 heterocycles. The van der Waals surface area contributed by atoms with Gasteiger partial charge in [-0.05, 0) is 50.4 Å². The van der Waals surface area contributed by atoms with Gasteiger partial charge in [-0.25, -0.2) is 0 Å². The number of amides is 1. The summed E-state index contributed by atoms with van der Waals surface area (Å²) in [6.45, 7) is 9.19. The molecule has 0 aromatic heterocycles. The van der Waals surface area contributed by atoms with Crippen molar-refractivity contribution in [3.05, 3.63) is 0 Å². The smallest absolute Gasteiger partial charge is 0.237 e. The Morgan fingerprint density at radius 2 is 1.91 bits per heavy atom. The fourth-order valence-electron chi connectivity index (χ4n) is 3.81. The third-order valence-electron chi connectivity index (χ3n) is 5.72. The summed E-state index contributed by atoms with van der Waals surface area (Å²) in [5, 5.41) is 0. The van der Waals surface area contributed by atoms with Crippen LogP contribution < -0.4 is 5.73 Å². The summed E-state index contributed by atoms with van der Waals surface area (Å²) < 4.78 is 0. The zero-order chi connectivity index (χ0) is 15.2. The van der Waals surface area contributed by atoms with Gasteiger partial charge in [0.05, 0.1) is 6.54 Å². The quantitative estimate of drug-likeness (QED) is 0.841. The van der Waals surface area contributed by atoms with Crippen LogP contribution in [0.1, 0.15) is 52.9 Å². The van der Waals surface area contributed by atoms with E-state index in [1.165, 1.54) is 25.7 Å². The summed E-state index contributed by atoms with van der Waals surface area (Å²) in [5.41, 5.74) is 6.31. The molecule has 1 amide bonds. The molecule has 3 rings (SSSR count). The SMILES string of the molecule is CC(C1CC1)N(C(=O)CN1CCC(N)C(C)(C)C1)C1CC1.Cl. The number of hydrogen-bond donors (Lipinski definition) is 1. The number of nitrogens with two attached hydrogens (primary N) is 1. The van der Waals surface area contributed by atoms with Gasteiger partial charge in [-0.2, -0.15) is 0 Å². The predicted molar refractivity (Wildman–Crippen MR) is 92.1 cm³/mol. The van der Waals surface area contributed by atoms with E-state index in [1.54, 1.807) is 0 Å². The molecule has 3 fully saturated rings. The van der Waals surface area contributed by atoms with E-state index in [0.717, 1.165) is 25.4 Å². The van der Waals surface area contributed by atoms with Gasteiger partial charge in [0.15, 0.2) is 0 Å². The molecule has 2 aliphatic carbocycles. The highest BCUT2D eigenvalue weighted by atomic mass is 35.5. The van der Waals surface area contributed by atoms with Gasteiger partial charge in [-0.1, -0.05) is 13.8 Å². The Morgan fingerprint density at radius 1 is 1.27 bits per heavy atom. The molecular formula is C17H32ClN3O. The number of carbonyl (C=O) groups is 1. The van der Waals surface area contributed by atoms with Crippen LogP contribution in [-0.2, 0) is 4.79 Å². The van der Waals surface area contributed by atoms with Crippen LogP contribution in [0.4, 0.5) is 0 Å². The van der Waals surface area contributed by atoms with Crippen molar-refractivity contribution < 1.29 is 4.79 Å². The molecular weight excluding hydrogens is 298 g/mol. The second-order valence-corrected chi connectivity index (χ2v) is 8.20. The standard InChI is InChI=1S/C17H31N3O.ClH/c1-12(13-4-5-13)20(14-6-7-14)16(21)10-19-9-8-15(18)17(2,3)11-19;/h12-15H,4-11,18H2,1-3H3;1H. The van der Waals surface area contributed by atoms with E-state index in [-0.39, 0.29) is 23.9 Å². The van der Waals surface area contributed by atoms with Crippen molar-refractivity contribution in [2.45, 2.75) is 71.0 Å². The lowest BCUT2D eigenvalue weighted by atomic mass is 9.80. The van der Waals surface area contributed by atoms with Crippen molar-refractivity contribution in [2.24, 2.45) is 17.1 Å². The van der Waals surface area contributed by atoms with Crippen molar-refractivity contribution in [3.63, 3.8) is 0 Å². The number of nitrogens with zero attached hydrogens (tertiary/aromatic N) is 2. The van der Waals surface area contributed by atoms with Gasteiger partial charge in [-0.3, -0.25) is 9.69 Å². The van der Waals surface area contributed by atoms with Crippen molar-refractivity contribution >= 4 is 18.3 Å². The maximum absolute atomic E-state index is 12.8. The van der Waals surface area contributed by atoms with E-state index in [2.05, 4.69) is 30.6 Å². The molecule has 2 atom stereocenters. The van der Waals surface area contributed by atoms with Gasteiger partial charge >= 0.3 is 0 Å². The second kappa shape index (κ2) is 6.66. The van der Waals surface area contributed by atoms with E-state index in [9.17, 15) is 4.79 Å². The average molecular weight is 330 g/mol. The van der Waals surface area contributed by atoms with E-state index < -0.39 is 0 Å². The van der Waals surface area contributed by atoms with Crippen molar-refractivity contribution in [2.75, 3.05) is 19.6 Å². The number of rotatable bonds is 5. The maximum Gasteiger partial charge on any atom is 0.237 e. The Bertz CT molecular complexity index is 407. The molecule has 128 valence electrons. The molecule has 0 bridgehead atoms. The molecule has 1 saturated heterocycles. The average Bonchev–Trinajstić information content (AvgIpc) is 3.26. The fraction of sp³-hybridized carbons (Fsp3) is 0.941. The molecule has 2 saturated carbocycles. The molecule has 1 aliphatic heterocycles. The van der Waals surface area contributed by atoms with Crippen molar-refractivity contribution in [1.29, 1.82) is 0 Å². The van der Waals surface area contributed by atoms with E-state index >= 15 is 0 Å². The highest BCUT2D eigenvalue weighted by Crippen LogP contribution is 2.40. The third kappa shape index (κ3) is 3.95. The zero-order valence-corrected chi connectivity index (χ0v) is 15.1. The highest BCUT2D eigenvalue weighted by molar-refractivity contribution is 5.85. The van der Waals surface area contributed by atoms with Crippen LogP contribution >= 0.6 is 12.4 Å². The first-order valence-electron chi connectivity index (χ1n) is 8.67. The monoisotopic (exact) mass is 329 g/mol. The minimum absolute atomic E-state index is 0. The lowest BCUT2D eigenvalue weighted by molar-refractivity contribution is -0.136. The van der Waals surface area contributed by atoms with Crippen LogP contribution in [0.2, 0.25) is 0 Å². The third-order valence-corrected chi connectivity index (χ3v) is 5.72. The lowest BCUT2D eigenvalue weighted by Crippen LogP contribution is -2.55. The van der Waals surface area contributed by atoms with Crippen molar-refractivity contribution in [3.8, 4) is 0 Å². The lowest BCUT2D eigenvalue weighted by Gasteiger charge is -2.43. The number of piperidine rings is 1. The Labute approximate surface area is 141 Å². The molecule has 0 spiro atoms. The van der Waals surface area contributed by atoms with Crippen LogP contribution in [0.5, 0.6) is 0 Å². The molecule has 0 radical (unpaired) electrons. The number of halogens is 1. The zero-order valence-electron chi connectivity index (χ0n) is 14.3. The molecule has 3 aliphatic rings. The summed E-state index contributed by atoms with van der Waals surface area (Å²) in [5.74, 6) is 1.11. The largest absolute Gasteiger partial charge is 0.336 e. The molecule has 5 heteroatoms. The second-order valence-electron chi connectivity index (χ2n) is 8.20. The molecule has 2 N–H and O–H groups in total. The fourth-order valence-corrected chi connectivity index (χ4v) is 3.81. The Morgan fingerprint density at radius 3 is 2.41 bits per heavy atom. The van der Waals surface area contributed by atoms with Gasteiger partial charge in [0.25, 0.3) is 0 Å². The Kier molecular flexibility index (Phi) is 5.46. The van der Waals surface area contributed by atoms with Gasteiger partial charge < -0.3 is 10.6 Å². The summed E-state index contributed by atoms with van der Waals surface area (Å²) in [4.78, 5) is 17.4. The van der Waals surface area contributed by atoms with Crippen LogP contribution in [0, 0.1) is 11.3 Å². The topological polar surface area (TPSA) is 49.6 Å². The van der Waals surface area contributed by atoms with Gasteiger partial charge in [0.1, 0.15) is 0 Å². The van der Waals surface area contributed by atoms with Crippen LogP contribution in [-0.4, -0.2) is 53.5 Å². The predicted octanol–water partition coefficient (Wildman–Crippen LogP) is 2.26. The van der Waals surface area contributed by atoms with Gasteiger partial charge in [0, 0.05) is 31.2 Å². The van der Waals surface area contributed by atoms with Crippen LogP contribution in [0.3, 0.4) is 0 Å². The minimum atomic E-state index is 0. The summed E-state index contributed by atoms with van der Waals surface area (Å²) in [7, 11) is 0. The Balaban J connectivity index is 0.00000176. The number of hydrogen-bond acceptors (Lipinski definition) is 3. The van der Waals surface area contributed by atoms with Gasteiger partial charge in [-0.15, -0.1) is 12.4 Å². The molecule has 2 unspecified atom stereocenters. The molecule has 0 aromatic carbocycles. The van der Waals surface area contributed by atoms with E-state index in [0.29, 0.717) is 24.5 Å². The first-order valence-corrected chi connectivity index (χ1v) is 8.67. The highest BCUT2D eigenvalue weighted by Gasteiger charge is 2.42. The Hall–Kier alpha value is -0.320. The summed E-state index contributed by atoms with van der Waals surface area (Å²) >= 11 is 0. The molecule has 22 heavy (non-hydrogen) atoms. The van der Waals surface area contributed by atoms with E-state index in [4.69, 9.17) is 5.73 Å². The molecule has 4 nitrogen and oxygen atoms in total. The van der Waals surface area contributed by atoms with Crippen molar-refractivity contribution in [1.82, 2.24) is 9.80 Å². The van der Waals surface area contributed by atoms with Crippen LogP contribution in [0.15, 0.2) is 0 Å². The maximum atomic E-state index is 12.8. The normalized spacial score (nSPS) is 29.5. The summed E-state index contributed by atoms with van der Waals surface area (Å²) in [6.07, 6.45) is 6.03. The van der Waals surface area contributed by atoms with Gasteiger partial charge in [0.2, 0.25) is 5.91 Å².